The minimum atomic E-state index is -0.118. The summed E-state index contributed by atoms with van der Waals surface area (Å²) in [6, 6.07) is 3.47. The van der Waals surface area contributed by atoms with Crippen molar-refractivity contribution in [1.82, 2.24) is 4.57 Å². The van der Waals surface area contributed by atoms with Gasteiger partial charge in [0.15, 0.2) is 5.75 Å². The van der Waals surface area contributed by atoms with E-state index in [0.29, 0.717) is 18.9 Å². The van der Waals surface area contributed by atoms with E-state index in [4.69, 9.17) is 10.5 Å². The Labute approximate surface area is 83.3 Å². The molecular formula is C10H16N2O2. The van der Waals surface area contributed by atoms with E-state index in [2.05, 4.69) is 0 Å². The van der Waals surface area contributed by atoms with Gasteiger partial charge in [0.1, 0.15) is 0 Å². The molecule has 0 spiro atoms. The fourth-order valence-electron chi connectivity index (χ4n) is 1.22. The SMILES string of the molecule is CCOc1cccn(C(C)CN)c1=O. The van der Waals surface area contributed by atoms with Gasteiger partial charge in [-0.2, -0.15) is 0 Å². The van der Waals surface area contributed by atoms with E-state index in [9.17, 15) is 4.79 Å². The van der Waals surface area contributed by atoms with Crippen LogP contribution in [0.2, 0.25) is 0 Å². The van der Waals surface area contributed by atoms with Crippen molar-refractivity contribution in [2.75, 3.05) is 13.2 Å². The van der Waals surface area contributed by atoms with Crippen molar-refractivity contribution in [3.63, 3.8) is 0 Å². The summed E-state index contributed by atoms with van der Waals surface area (Å²) in [4.78, 5) is 11.7. The molecule has 0 bridgehead atoms. The van der Waals surface area contributed by atoms with Crippen LogP contribution in [0.5, 0.6) is 5.75 Å². The molecule has 0 radical (unpaired) electrons. The summed E-state index contributed by atoms with van der Waals surface area (Å²) < 4.78 is 6.79. The predicted molar refractivity (Wildman–Crippen MR) is 55.6 cm³/mol. The Bertz CT molecular complexity index is 346. The molecule has 0 aromatic carbocycles. The molecule has 1 rings (SSSR count). The average Bonchev–Trinajstić information content (AvgIpc) is 2.20. The fourth-order valence-corrected chi connectivity index (χ4v) is 1.22. The van der Waals surface area contributed by atoms with E-state index >= 15 is 0 Å². The Morgan fingerprint density at radius 3 is 2.93 bits per heavy atom. The van der Waals surface area contributed by atoms with E-state index in [1.807, 2.05) is 13.8 Å². The Kier molecular flexibility index (Phi) is 3.71. The van der Waals surface area contributed by atoms with Gasteiger partial charge in [0.2, 0.25) is 0 Å². The first-order valence-corrected chi connectivity index (χ1v) is 4.74. The molecular weight excluding hydrogens is 180 g/mol. The van der Waals surface area contributed by atoms with Crippen LogP contribution in [-0.2, 0) is 0 Å². The number of hydrogen-bond donors (Lipinski definition) is 1. The minimum Gasteiger partial charge on any atom is -0.488 e. The summed E-state index contributed by atoms with van der Waals surface area (Å²) >= 11 is 0. The van der Waals surface area contributed by atoms with Gasteiger partial charge in [-0.05, 0) is 26.0 Å². The molecule has 0 aliphatic rings. The van der Waals surface area contributed by atoms with Crippen molar-refractivity contribution < 1.29 is 4.74 Å². The lowest BCUT2D eigenvalue weighted by molar-refractivity contribution is 0.329. The van der Waals surface area contributed by atoms with Crippen molar-refractivity contribution in [1.29, 1.82) is 0 Å². The number of pyridine rings is 1. The van der Waals surface area contributed by atoms with Crippen LogP contribution in [0.25, 0.3) is 0 Å². The topological polar surface area (TPSA) is 57.2 Å². The molecule has 14 heavy (non-hydrogen) atoms. The highest BCUT2D eigenvalue weighted by Crippen LogP contribution is 2.05. The highest BCUT2D eigenvalue weighted by atomic mass is 16.5. The lowest BCUT2D eigenvalue weighted by Gasteiger charge is -2.13. The van der Waals surface area contributed by atoms with Crippen LogP contribution < -0.4 is 16.0 Å². The Hall–Kier alpha value is -1.29. The second-order valence-electron chi connectivity index (χ2n) is 3.10. The summed E-state index contributed by atoms with van der Waals surface area (Å²) in [7, 11) is 0. The molecule has 1 aromatic heterocycles. The molecule has 1 heterocycles. The molecule has 1 aromatic rings. The van der Waals surface area contributed by atoms with Crippen LogP contribution in [0, 0.1) is 0 Å². The first-order valence-electron chi connectivity index (χ1n) is 4.74. The van der Waals surface area contributed by atoms with Gasteiger partial charge in [-0.3, -0.25) is 4.79 Å². The molecule has 0 saturated heterocycles. The molecule has 0 aliphatic carbocycles. The summed E-state index contributed by atoms with van der Waals surface area (Å²) in [6.45, 7) is 4.69. The van der Waals surface area contributed by atoms with Gasteiger partial charge in [-0.15, -0.1) is 0 Å². The second kappa shape index (κ2) is 4.81. The first-order chi connectivity index (χ1) is 6.70. The third kappa shape index (κ3) is 2.14. The van der Waals surface area contributed by atoms with E-state index in [1.54, 1.807) is 22.9 Å². The highest BCUT2D eigenvalue weighted by Gasteiger charge is 2.07. The normalized spacial score (nSPS) is 12.5. The van der Waals surface area contributed by atoms with Crippen molar-refractivity contribution in [3.8, 4) is 5.75 Å². The van der Waals surface area contributed by atoms with Crippen LogP contribution in [0.1, 0.15) is 19.9 Å². The van der Waals surface area contributed by atoms with E-state index < -0.39 is 0 Å². The smallest absolute Gasteiger partial charge is 0.293 e. The summed E-state index contributed by atoms with van der Waals surface area (Å²) in [5.41, 5.74) is 5.38. The lowest BCUT2D eigenvalue weighted by atomic mass is 10.3. The Morgan fingerprint density at radius 1 is 1.64 bits per heavy atom. The van der Waals surface area contributed by atoms with Gasteiger partial charge >= 0.3 is 0 Å². The molecule has 0 amide bonds. The van der Waals surface area contributed by atoms with Gasteiger partial charge in [0.05, 0.1) is 6.61 Å². The first kappa shape index (κ1) is 10.8. The molecule has 0 fully saturated rings. The number of hydrogen-bond acceptors (Lipinski definition) is 3. The van der Waals surface area contributed by atoms with Crippen LogP contribution in [0.3, 0.4) is 0 Å². The standard InChI is InChI=1S/C10H16N2O2/c1-3-14-9-5-4-6-12(10(9)13)8(2)7-11/h4-6,8H,3,7,11H2,1-2H3. The Morgan fingerprint density at radius 2 is 2.36 bits per heavy atom. The quantitative estimate of drug-likeness (QED) is 0.773. The number of nitrogens with two attached hydrogens (primary N) is 1. The van der Waals surface area contributed by atoms with Crippen molar-refractivity contribution >= 4 is 0 Å². The molecule has 78 valence electrons. The van der Waals surface area contributed by atoms with Gasteiger partial charge in [-0.25, -0.2) is 0 Å². The molecule has 2 N–H and O–H groups in total. The van der Waals surface area contributed by atoms with E-state index in [1.165, 1.54) is 0 Å². The number of ether oxygens (including phenoxy) is 1. The zero-order chi connectivity index (χ0) is 10.6. The molecule has 1 unspecified atom stereocenters. The van der Waals surface area contributed by atoms with Crippen LogP contribution in [0.4, 0.5) is 0 Å². The van der Waals surface area contributed by atoms with Gasteiger partial charge < -0.3 is 15.0 Å². The lowest BCUT2D eigenvalue weighted by Crippen LogP contribution is -2.28. The van der Waals surface area contributed by atoms with Crippen LogP contribution in [0.15, 0.2) is 23.1 Å². The van der Waals surface area contributed by atoms with Crippen LogP contribution in [-0.4, -0.2) is 17.7 Å². The maximum atomic E-state index is 11.7. The molecule has 4 nitrogen and oxygen atoms in total. The summed E-state index contributed by atoms with van der Waals surface area (Å²) in [5, 5.41) is 0. The average molecular weight is 196 g/mol. The maximum absolute atomic E-state index is 11.7. The molecule has 1 atom stereocenters. The van der Waals surface area contributed by atoms with Gasteiger partial charge in [0, 0.05) is 18.8 Å². The largest absolute Gasteiger partial charge is 0.488 e. The highest BCUT2D eigenvalue weighted by molar-refractivity contribution is 5.17. The summed E-state index contributed by atoms with van der Waals surface area (Å²) in [6.07, 6.45) is 1.72. The van der Waals surface area contributed by atoms with Crippen LogP contribution >= 0.6 is 0 Å². The molecule has 4 heteroatoms. The Balaban J connectivity index is 3.07. The molecule has 0 saturated carbocycles. The van der Waals surface area contributed by atoms with E-state index in [-0.39, 0.29) is 11.6 Å². The fraction of sp³-hybridized carbons (Fsp3) is 0.500. The minimum absolute atomic E-state index is 0.00269. The monoisotopic (exact) mass is 196 g/mol. The zero-order valence-electron chi connectivity index (χ0n) is 8.56. The number of aromatic nitrogens is 1. The van der Waals surface area contributed by atoms with E-state index in [0.717, 1.165) is 0 Å². The van der Waals surface area contributed by atoms with Crippen molar-refractivity contribution in [2.24, 2.45) is 5.73 Å². The van der Waals surface area contributed by atoms with Gasteiger partial charge in [0.25, 0.3) is 5.56 Å². The number of rotatable bonds is 4. The third-order valence-corrected chi connectivity index (χ3v) is 2.06. The van der Waals surface area contributed by atoms with Crippen molar-refractivity contribution in [2.45, 2.75) is 19.9 Å². The number of nitrogens with zero attached hydrogens (tertiary/aromatic N) is 1. The second-order valence-corrected chi connectivity index (χ2v) is 3.10. The predicted octanol–water partition coefficient (Wildman–Crippen LogP) is 0.767. The summed E-state index contributed by atoms with van der Waals surface area (Å²) in [5.74, 6) is 0.385. The zero-order valence-corrected chi connectivity index (χ0v) is 8.56. The third-order valence-electron chi connectivity index (χ3n) is 2.06. The maximum Gasteiger partial charge on any atom is 0.293 e. The van der Waals surface area contributed by atoms with Gasteiger partial charge in [-0.1, -0.05) is 0 Å². The van der Waals surface area contributed by atoms with Crippen molar-refractivity contribution in [3.05, 3.63) is 28.7 Å². The molecule has 0 aliphatic heterocycles.